The zero-order valence-corrected chi connectivity index (χ0v) is 11.3. The van der Waals surface area contributed by atoms with Crippen molar-refractivity contribution in [2.45, 2.75) is 19.9 Å². The van der Waals surface area contributed by atoms with E-state index in [-0.39, 0.29) is 11.7 Å². The van der Waals surface area contributed by atoms with Crippen molar-refractivity contribution in [2.24, 2.45) is 0 Å². The van der Waals surface area contributed by atoms with Crippen molar-refractivity contribution in [1.82, 2.24) is 0 Å². The van der Waals surface area contributed by atoms with E-state index in [4.69, 9.17) is 0 Å². The number of carbonyl (C=O) groups is 1. The van der Waals surface area contributed by atoms with Crippen LogP contribution in [0.3, 0.4) is 0 Å². The van der Waals surface area contributed by atoms with Crippen LogP contribution in [0.4, 0.5) is 15.8 Å². The molecule has 0 aromatic heterocycles. The Morgan fingerprint density at radius 2 is 1.90 bits per heavy atom. The van der Waals surface area contributed by atoms with Crippen LogP contribution in [0, 0.1) is 19.7 Å². The summed E-state index contributed by atoms with van der Waals surface area (Å²) in [5, 5.41) is 5.92. The standard InChI is InChI=1S/C16H15FN2O/c1-9-3-5-12(7-10(9)2)18-15-13-8-11(17)4-6-14(13)19-16(15)20/h3-8,15,18H,1-2H3,(H,19,20). The van der Waals surface area contributed by atoms with E-state index in [1.807, 2.05) is 32.0 Å². The van der Waals surface area contributed by atoms with Crippen LogP contribution >= 0.6 is 0 Å². The quantitative estimate of drug-likeness (QED) is 0.876. The number of hydrogen-bond donors (Lipinski definition) is 2. The Morgan fingerprint density at radius 1 is 1.10 bits per heavy atom. The SMILES string of the molecule is Cc1ccc(NC2C(=O)Nc3ccc(F)cc32)cc1C. The smallest absolute Gasteiger partial charge is 0.251 e. The first-order chi connectivity index (χ1) is 9.54. The van der Waals surface area contributed by atoms with E-state index in [1.165, 1.54) is 17.7 Å². The number of fused-ring (bicyclic) bond motifs is 1. The van der Waals surface area contributed by atoms with Crippen LogP contribution in [-0.4, -0.2) is 5.91 Å². The minimum Gasteiger partial charge on any atom is -0.370 e. The van der Waals surface area contributed by atoms with Crippen molar-refractivity contribution in [3.8, 4) is 0 Å². The van der Waals surface area contributed by atoms with Gasteiger partial charge in [0.25, 0.3) is 5.91 Å². The fourth-order valence-corrected chi connectivity index (χ4v) is 2.37. The summed E-state index contributed by atoms with van der Waals surface area (Å²) in [6, 6.07) is 9.68. The molecular formula is C16H15FN2O. The van der Waals surface area contributed by atoms with Gasteiger partial charge in [0.2, 0.25) is 0 Å². The molecule has 0 spiro atoms. The van der Waals surface area contributed by atoms with Crippen LogP contribution in [0.15, 0.2) is 36.4 Å². The minimum atomic E-state index is -0.553. The summed E-state index contributed by atoms with van der Waals surface area (Å²) in [5.74, 6) is -0.504. The van der Waals surface area contributed by atoms with Crippen LogP contribution in [-0.2, 0) is 4.79 Å². The third kappa shape index (κ3) is 2.13. The molecule has 0 bridgehead atoms. The van der Waals surface area contributed by atoms with Crippen molar-refractivity contribution >= 4 is 17.3 Å². The second-order valence-corrected chi connectivity index (χ2v) is 5.10. The highest BCUT2D eigenvalue weighted by Gasteiger charge is 2.30. The number of amides is 1. The molecule has 3 nitrogen and oxygen atoms in total. The molecule has 2 aromatic rings. The average molecular weight is 270 g/mol. The van der Waals surface area contributed by atoms with Gasteiger partial charge in [-0.25, -0.2) is 4.39 Å². The number of nitrogens with one attached hydrogen (secondary N) is 2. The van der Waals surface area contributed by atoms with Gasteiger partial charge in [0, 0.05) is 16.9 Å². The van der Waals surface area contributed by atoms with Gasteiger partial charge in [0.1, 0.15) is 11.9 Å². The zero-order valence-electron chi connectivity index (χ0n) is 11.3. The Kier molecular flexibility index (Phi) is 2.93. The molecule has 0 aliphatic carbocycles. The van der Waals surface area contributed by atoms with Crippen molar-refractivity contribution in [2.75, 3.05) is 10.6 Å². The molecule has 1 amide bonds. The molecule has 20 heavy (non-hydrogen) atoms. The lowest BCUT2D eigenvalue weighted by Crippen LogP contribution is -2.19. The summed E-state index contributed by atoms with van der Waals surface area (Å²) in [6.07, 6.45) is 0. The summed E-state index contributed by atoms with van der Waals surface area (Å²) in [7, 11) is 0. The van der Waals surface area contributed by atoms with E-state index in [0.29, 0.717) is 11.3 Å². The first-order valence-electron chi connectivity index (χ1n) is 6.49. The molecule has 3 rings (SSSR count). The molecule has 1 aliphatic rings. The maximum atomic E-state index is 13.4. The normalized spacial score (nSPS) is 16.8. The molecule has 1 unspecified atom stereocenters. The predicted octanol–water partition coefficient (Wildman–Crippen LogP) is 3.55. The summed E-state index contributed by atoms with van der Waals surface area (Å²) in [4.78, 5) is 12.0. The maximum absolute atomic E-state index is 13.4. The van der Waals surface area contributed by atoms with Crippen LogP contribution in [0.1, 0.15) is 22.7 Å². The number of carbonyl (C=O) groups excluding carboxylic acids is 1. The highest BCUT2D eigenvalue weighted by molar-refractivity contribution is 6.04. The molecule has 0 saturated heterocycles. The van der Waals surface area contributed by atoms with E-state index in [1.54, 1.807) is 6.07 Å². The highest BCUT2D eigenvalue weighted by Crippen LogP contribution is 2.33. The van der Waals surface area contributed by atoms with Gasteiger partial charge in [-0.2, -0.15) is 0 Å². The van der Waals surface area contributed by atoms with Gasteiger partial charge in [-0.3, -0.25) is 4.79 Å². The van der Waals surface area contributed by atoms with Crippen molar-refractivity contribution in [3.05, 3.63) is 58.9 Å². The van der Waals surface area contributed by atoms with Crippen LogP contribution < -0.4 is 10.6 Å². The fourth-order valence-electron chi connectivity index (χ4n) is 2.37. The fraction of sp³-hybridized carbons (Fsp3) is 0.188. The largest absolute Gasteiger partial charge is 0.370 e. The summed E-state index contributed by atoms with van der Waals surface area (Å²) in [6.45, 7) is 4.05. The van der Waals surface area contributed by atoms with Gasteiger partial charge in [0.15, 0.2) is 0 Å². The number of hydrogen-bond acceptors (Lipinski definition) is 2. The first kappa shape index (κ1) is 12.7. The topological polar surface area (TPSA) is 41.1 Å². The van der Waals surface area contributed by atoms with Crippen molar-refractivity contribution < 1.29 is 9.18 Å². The van der Waals surface area contributed by atoms with Gasteiger partial charge < -0.3 is 10.6 Å². The molecule has 0 fully saturated rings. The van der Waals surface area contributed by atoms with E-state index < -0.39 is 6.04 Å². The monoisotopic (exact) mass is 270 g/mol. The van der Waals surface area contributed by atoms with E-state index in [0.717, 1.165) is 11.3 Å². The minimum absolute atomic E-state index is 0.163. The number of halogens is 1. The molecule has 0 radical (unpaired) electrons. The molecule has 1 heterocycles. The van der Waals surface area contributed by atoms with E-state index >= 15 is 0 Å². The second-order valence-electron chi connectivity index (χ2n) is 5.10. The second kappa shape index (κ2) is 4.63. The van der Waals surface area contributed by atoms with Gasteiger partial charge >= 0.3 is 0 Å². The first-order valence-corrected chi connectivity index (χ1v) is 6.49. The Bertz CT molecular complexity index is 697. The third-order valence-electron chi connectivity index (χ3n) is 3.66. The molecule has 0 saturated carbocycles. The van der Waals surface area contributed by atoms with E-state index in [2.05, 4.69) is 10.6 Å². The van der Waals surface area contributed by atoms with Crippen LogP contribution in [0.5, 0.6) is 0 Å². The molecule has 2 aromatic carbocycles. The van der Waals surface area contributed by atoms with E-state index in [9.17, 15) is 9.18 Å². The highest BCUT2D eigenvalue weighted by atomic mass is 19.1. The number of aryl methyl sites for hydroxylation is 2. The van der Waals surface area contributed by atoms with Gasteiger partial charge in [-0.15, -0.1) is 0 Å². The molecule has 102 valence electrons. The van der Waals surface area contributed by atoms with Crippen molar-refractivity contribution in [1.29, 1.82) is 0 Å². The summed E-state index contributed by atoms with van der Waals surface area (Å²) < 4.78 is 13.4. The van der Waals surface area contributed by atoms with Gasteiger partial charge in [-0.05, 0) is 55.3 Å². The third-order valence-corrected chi connectivity index (χ3v) is 3.66. The Morgan fingerprint density at radius 3 is 2.65 bits per heavy atom. The summed E-state index contributed by atoms with van der Waals surface area (Å²) >= 11 is 0. The zero-order chi connectivity index (χ0) is 14.3. The molecule has 4 heteroatoms. The Labute approximate surface area is 116 Å². The maximum Gasteiger partial charge on any atom is 0.251 e. The van der Waals surface area contributed by atoms with Gasteiger partial charge in [-0.1, -0.05) is 6.07 Å². The number of anilines is 2. The number of benzene rings is 2. The van der Waals surface area contributed by atoms with Crippen molar-refractivity contribution in [3.63, 3.8) is 0 Å². The molecule has 1 aliphatic heterocycles. The molecular weight excluding hydrogens is 255 g/mol. The van der Waals surface area contributed by atoms with Crippen LogP contribution in [0.2, 0.25) is 0 Å². The van der Waals surface area contributed by atoms with Crippen LogP contribution in [0.25, 0.3) is 0 Å². The number of rotatable bonds is 2. The average Bonchev–Trinajstić information content (AvgIpc) is 2.70. The molecule has 1 atom stereocenters. The molecule has 2 N–H and O–H groups in total. The predicted molar refractivity (Wildman–Crippen MR) is 77.3 cm³/mol. The lowest BCUT2D eigenvalue weighted by atomic mass is 10.1. The Balaban J connectivity index is 1.93. The Hall–Kier alpha value is -2.36. The summed E-state index contributed by atoms with van der Waals surface area (Å²) in [5.41, 5.74) is 4.50. The lowest BCUT2D eigenvalue weighted by Gasteiger charge is -2.14. The van der Waals surface area contributed by atoms with Gasteiger partial charge in [0.05, 0.1) is 0 Å². The lowest BCUT2D eigenvalue weighted by molar-refractivity contribution is -0.116.